The summed E-state index contributed by atoms with van der Waals surface area (Å²) in [6.45, 7) is -0.302. The Bertz CT molecular complexity index is 30.0. The molecule has 0 saturated carbocycles. The van der Waals surface area contributed by atoms with Crippen molar-refractivity contribution in [3.05, 3.63) is 0 Å². The molecule has 0 aliphatic carbocycles. The summed E-state index contributed by atoms with van der Waals surface area (Å²) in [7, 11) is 1.77. The van der Waals surface area contributed by atoms with Crippen LogP contribution in [0, 0.1) is 0 Å². The molecule has 0 aliphatic heterocycles. The molecule has 0 spiro atoms. The first-order valence-electron chi connectivity index (χ1n) is 1.70. The van der Waals surface area contributed by atoms with E-state index in [1.165, 1.54) is 0 Å². The zero-order valence-electron chi connectivity index (χ0n) is 3.74. The van der Waals surface area contributed by atoms with E-state index in [1.54, 1.807) is 11.9 Å². The molecule has 0 saturated heterocycles. The van der Waals surface area contributed by atoms with Crippen LogP contribution in [0.3, 0.4) is 0 Å². The van der Waals surface area contributed by atoms with Crippen LogP contribution in [0.4, 0.5) is 4.39 Å². The monoisotopic (exact) mass is 284 g/mol. The van der Waals surface area contributed by atoms with Gasteiger partial charge in [-0.15, -0.1) is 0 Å². The third-order valence-electron chi connectivity index (χ3n) is 0.474. The summed E-state index contributed by atoms with van der Waals surface area (Å²) in [6.07, 6.45) is 0. The molecule has 0 bridgehead atoms. The van der Waals surface area contributed by atoms with Gasteiger partial charge in [0.2, 0.25) is 0 Å². The van der Waals surface area contributed by atoms with Crippen molar-refractivity contribution in [1.29, 1.82) is 0 Å². The summed E-state index contributed by atoms with van der Waals surface area (Å²) in [5.41, 5.74) is 0. The fourth-order valence-electron chi connectivity index (χ4n) is 0.0423. The fraction of sp³-hybridized carbons (Fsp3) is 1.00. The summed E-state index contributed by atoms with van der Waals surface area (Å²) in [4.78, 5) is 1.65. The van der Waals surface area contributed by atoms with Gasteiger partial charge in [0.25, 0.3) is 0 Å². The van der Waals surface area contributed by atoms with Crippen LogP contribution in [0.15, 0.2) is 0 Å². The number of nitrogens with zero attached hydrogens (tertiary/aromatic N) is 1. The van der Waals surface area contributed by atoms with E-state index in [4.69, 9.17) is 0 Å². The predicted octanol–water partition coefficient (Wildman–Crippen LogP) is -0.0288. The van der Waals surface area contributed by atoms with Crippen LogP contribution in [-0.2, 0) is 0 Å². The number of halogens is 1. The molecular weight excluding hydrogens is 276 g/mol. The third kappa shape index (κ3) is 3.02. The van der Waals surface area contributed by atoms with E-state index >= 15 is 0 Å². The van der Waals surface area contributed by atoms with Gasteiger partial charge in [-0.3, -0.25) is 0 Å². The minimum atomic E-state index is -0.302. The van der Waals surface area contributed by atoms with Crippen molar-refractivity contribution >= 4 is 25.8 Å². The molecule has 0 fully saturated rings. The van der Waals surface area contributed by atoms with Gasteiger partial charge in [0.1, 0.15) is 0 Å². The second-order valence-electron chi connectivity index (χ2n) is 1.13. The van der Waals surface area contributed by atoms with Gasteiger partial charge in [-0.1, -0.05) is 0 Å². The van der Waals surface area contributed by atoms with E-state index in [1.807, 2.05) is 0 Å². The topological polar surface area (TPSA) is 3.24 Å². The Balaban J connectivity index is 2.75. The van der Waals surface area contributed by atoms with E-state index in [9.17, 15) is 4.39 Å². The molecule has 0 aromatic carbocycles. The molecule has 6 heavy (non-hydrogen) atoms. The van der Waals surface area contributed by atoms with E-state index in [0.717, 1.165) is 29.9 Å². The maximum absolute atomic E-state index is 11.3. The van der Waals surface area contributed by atoms with Crippen LogP contribution in [0.2, 0.25) is 0 Å². The first-order chi connectivity index (χ1) is 2.81. The second kappa shape index (κ2) is 3.98. The van der Waals surface area contributed by atoms with Crippen LogP contribution in [0.5, 0.6) is 0 Å². The molecule has 0 rings (SSSR count). The van der Waals surface area contributed by atoms with Crippen LogP contribution >= 0.6 is 0 Å². The SMILES string of the molecule is CN(CF)[CH2][Pb]. The Morgan fingerprint density at radius 2 is 2.33 bits per heavy atom. The molecule has 35 valence electrons. The van der Waals surface area contributed by atoms with E-state index in [2.05, 4.69) is 0 Å². The van der Waals surface area contributed by atoms with Gasteiger partial charge in [0.05, 0.1) is 0 Å². The van der Waals surface area contributed by atoms with Crippen molar-refractivity contribution < 1.29 is 4.39 Å². The number of hydrogen-bond donors (Lipinski definition) is 0. The average molecular weight is 283 g/mol. The van der Waals surface area contributed by atoms with E-state index in [-0.39, 0.29) is 6.80 Å². The summed E-state index contributed by atoms with van der Waals surface area (Å²) in [6, 6.07) is 0. The molecule has 1 nitrogen and oxygen atoms in total. The Hall–Kier alpha value is 0.812. The third-order valence-corrected chi connectivity index (χ3v) is 2.57. The molecule has 3 heteroatoms. The zero-order valence-corrected chi connectivity index (χ0v) is 7.63. The first kappa shape index (κ1) is 6.81. The van der Waals surface area contributed by atoms with Crippen molar-refractivity contribution in [2.75, 3.05) is 18.0 Å². The maximum atomic E-state index is 11.3. The molecule has 0 heterocycles. The van der Waals surface area contributed by atoms with Crippen molar-refractivity contribution in [1.82, 2.24) is 4.90 Å². The average Bonchev–Trinajstić information content (AvgIpc) is 1.65. The molecule has 0 amide bonds. The van der Waals surface area contributed by atoms with Gasteiger partial charge in [0, 0.05) is 0 Å². The summed E-state index contributed by atoms with van der Waals surface area (Å²) < 4.78 is 12.3. The quantitative estimate of drug-likeness (QED) is 0.508. The number of rotatable bonds is 2. The molecule has 0 N–H and O–H groups in total. The second-order valence-corrected chi connectivity index (χ2v) is 2.36. The van der Waals surface area contributed by atoms with Crippen molar-refractivity contribution in [2.45, 2.75) is 0 Å². The summed E-state index contributed by atoms with van der Waals surface area (Å²) >= 11 is 1.07. The Labute approximate surface area is 53.2 Å². The molecule has 0 unspecified atom stereocenters. The van der Waals surface area contributed by atoms with Crippen molar-refractivity contribution in [3.8, 4) is 0 Å². The predicted molar refractivity (Wildman–Crippen MR) is 24.4 cm³/mol. The number of hydrogen-bond acceptors (Lipinski definition) is 1. The zero-order chi connectivity index (χ0) is 4.99. The van der Waals surface area contributed by atoms with E-state index < -0.39 is 0 Å². The van der Waals surface area contributed by atoms with E-state index in [0.29, 0.717) is 0 Å². The summed E-state index contributed by atoms with van der Waals surface area (Å²) in [5, 5.41) is 0. The van der Waals surface area contributed by atoms with Crippen LogP contribution < -0.4 is 0 Å². The van der Waals surface area contributed by atoms with Gasteiger partial charge in [-0.25, -0.2) is 0 Å². The normalized spacial score (nSPS) is 10.0. The van der Waals surface area contributed by atoms with Crippen LogP contribution in [-0.4, -0.2) is 48.6 Å². The Morgan fingerprint density at radius 1 is 1.83 bits per heavy atom. The molecule has 3 radical (unpaired) electrons. The first-order valence-corrected chi connectivity index (χ1v) is 4.45. The number of alkyl halides is 1. The van der Waals surface area contributed by atoms with Gasteiger partial charge < -0.3 is 0 Å². The molecule has 0 aliphatic rings. The van der Waals surface area contributed by atoms with Gasteiger partial charge >= 0.3 is 53.0 Å². The Morgan fingerprint density at radius 3 is 2.33 bits per heavy atom. The summed E-state index contributed by atoms with van der Waals surface area (Å²) in [5.74, 6) is 0. The van der Waals surface area contributed by atoms with Crippen molar-refractivity contribution in [2.24, 2.45) is 0 Å². The molecule has 0 atom stereocenters. The molecular formula is C3H7FNPb. The fourth-order valence-corrected chi connectivity index (χ4v) is 0.371. The standard InChI is InChI=1S/C3H7FN.Pb/c1-5(2)3-4;/h1,3H2,2H3;. The van der Waals surface area contributed by atoms with Gasteiger partial charge in [-0.2, -0.15) is 0 Å². The molecule has 0 aromatic rings. The van der Waals surface area contributed by atoms with Gasteiger partial charge in [-0.05, 0) is 0 Å². The minimum absolute atomic E-state index is 0.302. The van der Waals surface area contributed by atoms with Crippen molar-refractivity contribution in [3.63, 3.8) is 0 Å². The van der Waals surface area contributed by atoms with Crippen LogP contribution in [0.1, 0.15) is 0 Å². The van der Waals surface area contributed by atoms with Crippen LogP contribution in [0.25, 0.3) is 0 Å². The Kier molecular flexibility index (Phi) is 4.52. The van der Waals surface area contributed by atoms with Gasteiger partial charge in [0.15, 0.2) is 0 Å². The molecule has 0 aromatic heterocycles.